The highest BCUT2D eigenvalue weighted by Crippen LogP contribution is 2.38. The molecule has 21 heavy (non-hydrogen) atoms. The van der Waals surface area contributed by atoms with E-state index in [9.17, 15) is 0 Å². The minimum absolute atomic E-state index is 0.364. The number of aromatic nitrogens is 1. The second-order valence-electron chi connectivity index (χ2n) is 5.19. The van der Waals surface area contributed by atoms with E-state index in [2.05, 4.69) is 77.3 Å². The maximum atomic E-state index is 5.99. The summed E-state index contributed by atoms with van der Waals surface area (Å²) in [7, 11) is 0. The fourth-order valence-corrected chi connectivity index (χ4v) is 3.58. The van der Waals surface area contributed by atoms with Crippen molar-refractivity contribution in [3.8, 4) is 22.4 Å². The Morgan fingerprint density at radius 2 is 1.90 bits per heavy atom. The average molecular weight is 410 g/mol. The summed E-state index contributed by atoms with van der Waals surface area (Å²) in [5.41, 5.74) is 11.1. The van der Waals surface area contributed by atoms with E-state index >= 15 is 0 Å². The van der Waals surface area contributed by atoms with E-state index in [0.717, 1.165) is 22.4 Å². The monoisotopic (exact) mass is 410 g/mol. The van der Waals surface area contributed by atoms with Crippen molar-refractivity contribution in [2.45, 2.75) is 19.8 Å². The van der Waals surface area contributed by atoms with Crippen LogP contribution in [0, 0.1) is 2.88 Å². The Balaban J connectivity index is 2.08. The van der Waals surface area contributed by atoms with Gasteiger partial charge in [0, 0.05) is 10.9 Å². The van der Waals surface area contributed by atoms with Crippen LogP contribution < -0.4 is 5.73 Å². The number of hydrogen-bond acceptors (Lipinski definition) is 4. The zero-order valence-corrected chi connectivity index (χ0v) is 14.7. The van der Waals surface area contributed by atoms with Crippen LogP contribution in [0.3, 0.4) is 0 Å². The summed E-state index contributed by atoms with van der Waals surface area (Å²) >= 11 is 3.98. The summed E-state index contributed by atoms with van der Waals surface area (Å²) in [6.07, 6.45) is 0. The molecule has 0 unspecified atom stereocenters. The van der Waals surface area contributed by atoms with Gasteiger partial charge >= 0.3 is 0 Å². The fourth-order valence-electron chi connectivity index (χ4n) is 2.25. The molecular formula is C16H15IN2OS. The van der Waals surface area contributed by atoms with E-state index in [1.54, 1.807) is 11.3 Å². The number of rotatable bonds is 3. The zero-order valence-electron chi connectivity index (χ0n) is 11.8. The zero-order chi connectivity index (χ0) is 15.0. The molecule has 5 heteroatoms. The third kappa shape index (κ3) is 2.85. The number of hydrogen-bond donors (Lipinski definition) is 1. The summed E-state index contributed by atoms with van der Waals surface area (Å²) in [4.78, 5) is 0. The molecule has 0 saturated heterocycles. The molecule has 3 rings (SSSR count). The van der Waals surface area contributed by atoms with Crippen molar-refractivity contribution in [1.82, 2.24) is 5.16 Å². The molecule has 108 valence electrons. The number of thiophene rings is 1. The van der Waals surface area contributed by atoms with Gasteiger partial charge in [-0.05, 0) is 45.7 Å². The van der Waals surface area contributed by atoms with Gasteiger partial charge in [0.15, 0.2) is 0 Å². The Kier molecular flexibility index (Phi) is 4.03. The van der Waals surface area contributed by atoms with Gasteiger partial charge in [-0.2, -0.15) is 0 Å². The van der Waals surface area contributed by atoms with Crippen LogP contribution in [0.15, 0.2) is 40.2 Å². The molecule has 0 fully saturated rings. The van der Waals surface area contributed by atoms with Crippen molar-refractivity contribution in [3.63, 3.8) is 0 Å². The largest absolute Gasteiger partial charge is 0.367 e. The Morgan fingerprint density at radius 1 is 1.19 bits per heavy atom. The molecule has 3 aromatic rings. The molecule has 0 bridgehead atoms. The summed E-state index contributed by atoms with van der Waals surface area (Å²) in [5, 5.41) is 6.21. The van der Waals surface area contributed by atoms with Gasteiger partial charge in [0.2, 0.25) is 5.88 Å². The molecule has 0 radical (unpaired) electrons. The smallest absolute Gasteiger partial charge is 0.230 e. The summed E-state index contributed by atoms with van der Waals surface area (Å²) in [6.45, 7) is 4.36. The van der Waals surface area contributed by atoms with Crippen molar-refractivity contribution in [2.24, 2.45) is 0 Å². The molecule has 2 heterocycles. The van der Waals surface area contributed by atoms with Gasteiger partial charge in [-0.3, -0.25) is 0 Å². The van der Waals surface area contributed by atoms with Crippen LogP contribution in [-0.4, -0.2) is 5.16 Å². The van der Waals surface area contributed by atoms with Crippen LogP contribution in [0.25, 0.3) is 22.4 Å². The van der Waals surface area contributed by atoms with Crippen LogP contribution in [0.2, 0.25) is 0 Å². The predicted molar refractivity (Wildman–Crippen MR) is 96.5 cm³/mol. The molecule has 0 amide bonds. The van der Waals surface area contributed by atoms with Crippen molar-refractivity contribution >= 4 is 39.8 Å². The van der Waals surface area contributed by atoms with Crippen molar-refractivity contribution in [1.29, 1.82) is 0 Å². The first kappa shape index (κ1) is 14.6. The van der Waals surface area contributed by atoms with Crippen LogP contribution in [0.5, 0.6) is 0 Å². The summed E-state index contributed by atoms with van der Waals surface area (Å²) < 4.78 is 6.43. The third-order valence-corrected chi connectivity index (χ3v) is 5.21. The van der Waals surface area contributed by atoms with E-state index in [4.69, 9.17) is 10.3 Å². The third-order valence-electron chi connectivity index (χ3n) is 3.43. The van der Waals surface area contributed by atoms with Crippen LogP contribution in [-0.2, 0) is 0 Å². The first-order valence-electron chi connectivity index (χ1n) is 6.66. The second kappa shape index (κ2) is 5.81. The predicted octanol–water partition coefficient (Wildman–Crippen LogP) is 5.38. The minimum atomic E-state index is 0.364. The Morgan fingerprint density at radius 3 is 2.48 bits per heavy atom. The summed E-state index contributed by atoms with van der Waals surface area (Å²) in [6, 6.07) is 10.5. The molecule has 1 aromatic carbocycles. The number of halogens is 1. The lowest BCUT2D eigenvalue weighted by Gasteiger charge is -2.07. The van der Waals surface area contributed by atoms with Crippen LogP contribution in [0.1, 0.15) is 25.3 Å². The molecule has 0 aliphatic rings. The van der Waals surface area contributed by atoms with Gasteiger partial charge in [0.1, 0.15) is 5.69 Å². The van der Waals surface area contributed by atoms with Gasteiger partial charge in [-0.1, -0.05) is 43.3 Å². The Labute approximate surface area is 141 Å². The standard InChI is InChI=1S/C16H15IN2OS/c1-9(2)10-3-5-11(6-4-10)14-15(19-20-16(14)18)12-7-13(17)21-8-12/h3-9H,18H2,1-2H3. The SMILES string of the molecule is CC(C)c1ccc(-c2c(-c3csc(I)c3)noc2N)cc1. The minimum Gasteiger partial charge on any atom is -0.367 e. The molecule has 2 aromatic heterocycles. The number of anilines is 1. The van der Waals surface area contributed by atoms with Crippen LogP contribution >= 0.6 is 33.9 Å². The number of benzene rings is 1. The molecule has 0 saturated carbocycles. The van der Waals surface area contributed by atoms with E-state index < -0.39 is 0 Å². The van der Waals surface area contributed by atoms with Crippen LogP contribution in [0.4, 0.5) is 5.88 Å². The molecule has 0 aliphatic carbocycles. The number of nitrogen functional groups attached to an aromatic ring is 1. The quantitative estimate of drug-likeness (QED) is 0.590. The first-order valence-corrected chi connectivity index (χ1v) is 8.62. The van der Waals surface area contributed by atoms with Crippen molar-refractivity contribution in [3.05, 3.63) is 44.2 Å². The molecule has 0 aliphatic heterocycles. The average Bonchev–Trinajstić information content (AvgIpc) is 3.05. The molecule has 0 spiro atoms. The lowest BCUT2D eigenvalue weighted by atomic mass is 9.97. The van der Waals surface area contributed by atoms with E-state index in [0.29, 0.717) is 11.8 Å². The van der Waals surface area contributed by atoms with Gasteiger partial charge in [0.05, 0.1) is 8.45 Å². The number of nitrogens with zero attached hydrogens (tertiary/aromatic N) is 1. The van der Waals surface area contributed by atoms with Gasteiger partial charge in [-0.25, -0.2) is 0 Å². The highest BCUT2D eigenvalue weighted by atomic mass is 127. The summed E-state index contributed by atoms with van der Waals surface area (Å²) in [5.74, 6) is 0.875. The van der Waals surface area contributed by atoms with Crippen molar-refractivity contribution in [2.75, 3.05) is 5.73 Å². The van der Waals surface area contributed by atoms with Gasteiger partial charge in [-0.15, -0.1) is 11.3 Å². The molecule has 3 nitrogen and oxygen atoms in total. The van der Waals surface area contributed by atoms with Crippen molar-refractivity contribution < 1.29 is 4.52 Å². The second-order valence-corrected chi connectivity index (χ2v) is 7.99. The normalized spacial score (nSPS) is 11.2. The first-order chi connectivity index (χ1) is 10.1. The molecular weight excluding hydrogens is 395 g/mol. The number of nitrogens with two attached hydrogens (primary N) is 1. The van der Waals surface area contributed by atoms with E-state index in [1.165, 1.54) is 8.45 Å². The van der Waals surface area contributed by atoms with E-state index in [-0.39, 0.29) is 0 Å². The fraction of sp³-hybridized carbons (Fsp3) is 0.188. The Hall–Kier alpha value is -1.34. The van der Waals surface area contributed by atoms with Gasteiger partial charge < -0.3 is 10.3 Å². The molecule has 2 N–H and O–H groups in total. The van der Waals surface area contributed by atoms with Gasteiger partial charge in [0.25, 0.3) is 0 Å². The maximum Gasteiger partial charge on any atom is 0.230 e. The maximum absolute atomic E-state index is 5.99. The lowest BCUT2D eigenvalue weighted by Crippen LogP contribution is -1.90. The Bertz CT molecular complexity index is 759. The lowest BCUT2D eigenvalue weighted by molar-refractivity contribution is 0.439. The topological polar surface area (TPSA) is 52.0 Å². The highest BCUT2D eigenvalue weighted by Gasteiger charge is 2.18. The molecule has 0 atom stereocenters. The highest BCUT2D eigenvalue weighted by molar-refractivity contribution is 14.1. The van der Waals surface area contributed by atoms with E-state index in [1.807, 2.05) is 0 Å².